The number of amides is 1. The normalized spacial score (nSPS) is 14.6. The van der Waals surface area contributed by atoms with Crippen LogP contribution >= 0.6 is 11.6 Å². The fourth-order valence-corrected chi connectivity index (χ4v) is 5.15. The van der Waals surface area contributed by atoms with Gasteiger partial charge in [0.05, 0.1) is 30.7 Å². The predicted octanol–water partition coefficient (Wildman–Crippen LogP) is 7.30. The van der Waals surface area contributed by atoms with E-state index in [0.717, 1.165) is 25.7 Å². The van der Waals surface area contributed by atoms with Crippen LogP contribution in [-0.4, -0.2) is 24.5 Å². The second-order valence-electron chi connectivity index (χ2n) is 9.60. The number of nitrogens with zero attached hydrogens (tertiary/aromatic N) is 1. The van der Waals surface area contributed by atoms with Crippen LogP contribution in [0.5, 0.6) is 11.5 Å². The van der Waals surface area contributed by atoms with Gasteiger partial charge in [-0.05, 0) is 60.0 Å². The Morgan fingerprint density at radius 1 is 0.974 bits per heavy atom. The highest BCUT2D eigenvalue weighted by molar-refractivity contribution is 6.31. The molecule has 5 rings (SSSR count). The molecule has 1 aliphatic rings. The molecule has 1 amide bonds. The Labute approximate surface area is 230 Å². The maximum atomic E-state index is 13.8. The van der Waals surface area contributed by atoms with Crippen molar-refractivity contribution in [2.24, 2.45) is 0 Å². The van der Waals surface area contributed by atoms with Crippen molar-refractivity contribution in [1.29, 1.82) is 0 Å². The lowest BCUT2D eigenvalue weighted by molar-refractivity contribution is 0.0714. The Kier molecular flexibility index (Phi) is 7.89. The SMILES string of the molecule is CCCCCCOc1ccc(C2c3c(oc4ccc(Cl)cc4c3=O)C(=O)N2Cc2ccc(F)cc2)cc1OC. The van der Waals surface area contributed by atoms with Crippen LogP contribution in [0.25, 0.3) is 11.0 Å². The summed E-state index contributed by atoms with van der Waals surface area (Å²) in [7, 11) is 1.55. The van der Waals surface area contributed by atoms with Gasteiger partial charge in [0.1, 0.15) is 11.4 Å². The minimum Gasteiger partial charge on any atom is -0.493 e. The monoisotopic (exact) mass is 549 g/mol. The number of methoxy groups -OCH3 is 1. The molecule has 0 saturated heterocycles. The molecular weight excluding hydrogens is 521 g/mol. The molecule has 0 aliphatic carbocycles. The minimum atomic E-state index is -0.760. The molecule has 1 aromatic heterocycles. The number of rotatable bonds is 10. The van der Waals surface area contributed by atoms with Crippen LogP contribution in [0.3, 0.4) is 0 Å². The Morgan fingerprint density at radius 2 is 1.77 bits per heavy atom. The van der Waals surface area contributed by atoms with Gasteiger partial charge < -0.3 is 18.8 Å². The summed E-state index contributed by atoms with van der Waals surface area (Å²) >= 11 is 6.18. The Bertz CT molecular complexity index is 1570. The standard InChI is InChI=1S/C31H29ClFNO5/c1-3-4-5-6-15-38-25-13-9-20(16-26(25)37-2)28-27-29(35)23-17-21(32)10-14-24(23)39-30(27)31(36)34(28)18-19-7-11-22(33)12-8-19/h7-14,16-17,28H,3-6,15,18H2,1-2H3. The quantitative estimate of drug-likeness (QED) is 0.194. The molecule has 1 atom stereocenters. The first-order valence-corrected chi connectivity index (χ1v) is 13.4. The zero-order valence-electron chi connectivity index (χ0n) is 21.8. The van der Waals surface area contributed by atoms with E-state index in [1.54, 1.807) is 54.5 Å². The fourth-order valence-electron chi connectivity index (χ4n) is 4.97. The van der Waals surface area contributed by atoms with Gasteiger partial charge in [0.2, 0.25) is 5.76 Å². The van der Waals surface area contributed by atoms with Gasteiger partial charge in [-0.25, -0.2) is 4.39 Å². The molecule has 1 unspecified atom stereocenters. The Hall–Kier alpha value is -3.84. The van der Waals surface area contributed by atoms with Crippen LogP contribution in [0.15, 0.2) is 69.9 Å². The fraction of sp³-hybridized carbons (Fsp3) is 0.290. The second-order valence-corrected chi connectivity index (χ2v) is 10.0. The number of halogens is 2. The van der Waals surface area contributed by atoms with E-state index in [0.29, 0.717) is 39.6 Å². The first kappa shape index (κ1) is 26.8. The highest BCUT2D eigenvalue weighted by Gasteiger charge is 2.43. The number of ether oxygens (including phenoxy) is 2. The molecule has 0 fully saturated rings. The first-order valence-electron chi connectivity index (χ1n) is 13.0. The molecule has 4 aromatic rings. The van der Waals surface area contributed by atoms with E-state index in [2.05, 4.69) is 6.92 Å². The number of carbonyl (C=O) groups excluding carboxylic acids is 1. The summed E-state index contributed by atoms with van der Waals surface area (Å²) in [5.41, 5.74) is 1.55. The molecule has 8 heteroatoms. The average molecular weight is 550 g/mol. The molecule has 6 nitrogen and oxygen atoms in total. The molecule has 0 radical (unpaired) electrons. The summed E-state index contributed by atoms with van der Waals surface area (Å²) in [5.74, 6) is 0.269. The van der Waals surface area contributed by atoms with Gasteiger partial charge in [0.25, 0.3) is 5.91 Å². The third-order valence-corrected chi connectivity index (χ3v) is 7.19. The molecule has 0 bridgehead atoms. The summed E-state index contributed by atoms with van der Waals surface area (Å²) in [6.07, 6.45) is 4.32. The van der Waals surface area contributed by atoms with Crippen molar-refractivity contribution in [3.05, 3.63) is 104 Å². The van der Waals surface area contributed by atoms with E-state index >= 15 is 0 Å². The van der Waals surface area contributed by atoms with Crippen molar-refractivity contribution < 1.29 is 23.1 Å². The van der Waals surface area contributed by atoms with Gasteiger partial charge in [-0.1, -0.05) is 56.0 Å². The third-order valence-electron chi connectivity index (χ3n) is 6.95. The van der Waals surface area contributed by atoms with Crippen molar-refractivity contribution in [3.63, 3.8) is 0 Å². The largest absolute Gasteiger partial charge is 0.493 e. The average Bonchev–Trinajstić information content (AvgIpc) is 3.21. The lowest BCUT2D eigenvalue weighted by Crippen LogP contribution is -2.29. The molecule has 202 valence electrons. The third kappa shape index (κ3) is 5.36. The van der Waals surface area contributed by atoms with Gasteiger partial charge in [-0.2, -0.15) is 0 Å². The molecule has 39 heavy (non-hydrogen) atoms. The van der Waals surface area contributed by atoms with E-state index in [4.69, 9.17) is 25.5 Å². The zero-order valence-corrected chi connectivity index (χ0v) is 22.6. The zero-order chi connectivity index (χ0) is 27.5. The topological polar surface area (TPSA) is 69.0 Å². The van der Waals surface area contributed by atoms with Gasteiger partial charge in [0.15, 0.2) is 16.9 Å². The summed E-state index contributed by atoms with van der Waals surface area (Å²) in [5, 5.41) is 0.683. The number of unbranched alkanes of at least 4 members (excludes halogenated alkanes) is 3. The minimum absolute atomic E-state index is 0.0165. The number of fused-ring (bicyclic) bond motifs is 2. The van der Waals surface area contributed by atoms with Gasteiger partial charge in [-0.3, -0.25) is 9.59 Å². The maximum Gasteiger partial charge on any atom is 0.291 e. The van der Waals surface area contributed by atoms with Crippen LogP contribution in [0.4, 0.5) is 4.39 Å². The van der Waals surface area contributed by atoms with Crippen LogP contribution in [0, 0.1) is 5.82 Å². The smallest absolute Gasteiger partial charge is 0.291 e. The number of benzene rings is 3. The van der Waals surface area contributed by atoms with Crippen LogP contribution in [-0.2, 0) is 6.54 Å². The molecule has 0 N–H and O–H groups in total. The van der Waals surface area contributed by atoms with Crippen molar-refractivity contribution in [1.82, 2.24) is 4.90 Å². The molecule has 2 heterocycles. The first-order chi connectivity index (χ1) is 18.9. The van der Waals surface area contributed by atoms with Gasteiger partial charge >= 0.3 is 0 Å². The number of hydrogen-bond donors (Lipinski definition) is 0. The summed E-state index contributed by atoms with van der Waals surface area (Å²) in [6, 6.07) is 15.3. The highest BCUT2D eigenvalue weighted by atomic mass is 35.5. The molecular formula is C31H29ClFNO5. The summed E-state index contributed by atoms with van der Waals surface area (Å²) in [6.45, 7) is 2.86. The van der Waals surface area contributed by atoms with E-state index in [9.17, 15) is 14.0 Å². The second kappa shape index (κ2) is 11.5. The predicted molar refractivity (Wildman–Crippen MR) is 148 cm³/mol. The number of carbonyl (C=O) groups is 1. The van der Waals surface area contributed by atoms with E-state index < -0.39 is 11.9 Å². The van der Waals surface area contributed by atoms with Crippen molar-refractivity contribution in [3.8, 4) is 11.5 Å². The highest BCUT2D eigenvalue weighted by Crippen LogP contribution is 2.42. The van der Waals surface area contributed by atoms with Crippen LogP contribution < -0.4 is 14.9 Å². The summed E-state index contributed by atoms with van der Waals surface area (Å²) < 4.78 is 31.2. The van der Waals surface area contributed by atoms with Crippen LogP contribution in [0.1, 0.15) is 65.9 Å². The Balaban J connectivity index is 1.58. The maximum absolute atomic E-state index is 13.8. The van der Waals surface area contributed by atoms with E-state index in [1.165, 1.54) is 12.1 Å². The van der Waals surface area contributed by atoms with Crippen molar-refractivity contribution in [2.45, 2.75) is 45.2 Å². The summed E-state index contributed by atoms with van der Waals surface area (Å²) in [4.78, 5) is 29.1. The molecule has 0 spiro atoms. The lowest BCUT2D eigenvalue weighted by atomic mass is 9.97. The lowest BCUT2D eigenvalue weighted by Gasteiger charge is -2.26. The molecule has 3 aromatic carbocycles. The Morgan fingerprint density at radius 3 is 2.51 bits per heavy atom. The molecule has 1 aliphatic heterocycles. The van der Waals surface area contributed by atoms with Crippen molar-refractivity contribution >= 4 is 28.5 Å². The van der Waals surface area contributed by atoms with E-state index in [-0.39, 0.29) is 34.7 Å². The molecule has 0 saturated carbocycles. The number of hydrogen-bond acceptors (Lipinski definition) is 5. The van der Waals surface area contributed by atoms with Gasteiger partial charge in [-0.15, -0.1) is 0 Å². The van der Waals surface area contributed by atoms with Crippen LogP contribution in [0.2, 0.25) is 5.02 Å². The van der Waals surface area contributed by atoms with E-state index in [1.807, 2.05) is 6.07 Å². The van der Waals surface area contributed by atoms with Gasteiger partial charge in [0, 0.05) is 11.6 Å². The van der Waals surface area contributed by atoms with Crippen molar-refractivity contribution in [2.75, 3.05) is 13.7 Å².